The Bertz CT molecular complexity index is 1020. The molecule has 6 heteroatoms. The van der Waals surface area contributed by atoms with Crippen molar-refractivity contribution < 1.29 is 9.59 Å². The van der Waals surface area contributed by atoms with E-state index in [1.165, 1.54) is 0 Å². The van der Waals surface area contributed by atoms with Crippen molar-refractivity contribution in [3.63, 3.8) is 0 Å². The summed E-state index contributed by atoms with van der Waals surface area (Å²) in [7, 11) is 0. The van der Waals surface area contributed by atoms with Crippen molar-refractivity contribution in [1.29, 1.82) is 0 Å². The number of fused-ring (bicyclic) bond motifs is 1. The minimum Gasteiger partial charge on any atom is -0.348 e. The highest BCUT2D eigenvalue weighted by Gasteiger charge is 2.27. The molecule has 1 fully saturated rings. The molecule has 26 heavy (non-hydrogen) atoms. The zero-order valence-corrected chi connectivity index (χ0v) is 14.7. The number of hydrogen-bond donors (Lipinski definition) is 2. The van der Waals surface area contributed by atoms with Gasteiger partial charge in [-0.05, 0) is 56.0 Å². The Morgan fingerprint density at radius 2 is 1.88 bits per heavy atom. The number of anilines is 1. The number of benzene rings is 1. The number of hydrogen-bond acceptors (Lipinski definition) is 3. The summed E-state index contributed by atoms with van der Waals surface area (Å²) in [6, 6.07) is 11.4. The second-order valence-corrected chi connectivity index (χ2v) is 6.69. The Balaban J connectivity index is 1.70. The molecule has 3 aromatic rings. The number of carbonyl (C=O) groups excluding carboxylic acids is 2. The largest absolute Gasteiger partial charge is 0.348 e. The molecule has 0 saturated heterocycles. The van der Waals surface area contributed by atoms with Gasteiger partial charge in [0.25, 0.3) is 11.8 Å². The van der Waals surface area contributed by atoms with Crippen LogP contribution in [0.15, 0.2) is 42.6 Å². The molecule has 0 spiro atoms. The van der Waals surface area contributed by atoms with Crippen LogP contribution in [0.5, 0.6) is 0 Å². The van der Waals surface area contributed by atoms with Gasteiger partial charge < -0.3 is 10.6 Å². The summed E-state index contributed by atoms with van der Waals surface area (Å²) in [4.78, 5) is 29.7. The molecule has 6 nitrogen and oxygen atoms in total. The van der Waals surface area contributed by atoms with Gasteiger partial charge in [0.2, 0.25) is 5.82 Å². The number of aromatic nitrogens is 2. The molecule has 0 radical (unpaired) electrons. The predicted molar refractivity (Wildman–Crippen MR) is 99.5 cm³/mol. The van der Waals surface area contributed by atoms with Gasteiger partial charge in [-0.25, -0.2) is 4.98 Å². The smallest absolute Gasteiger partial charge is 0.292 e. The number of amides is 2. The van der Waals surface area contributed by atoms with E-state index in [1.807, 2.05) is 44.2 Å². The Kier molecular flexibility index (Phi) is 3.95. The molecule has 2 heterocycles. The average molecular weight is 348 g/mol. The lowest BCUT2D eigenvalue weighted by molar-refractivity contribution is 0.0948. The average Bonchev–Trinajstić information content (AvgIpc) is 3.35. The number of carbonyl (C=O) groups is 2. The van der Waals surface area contributed by atoms with E-state index in [0.29, 0.717) is 5.52 Å². The van der Waals surface area contributed by atoms with Gasteiger partial charge in [-0.2, -0.15) is 0 Å². The second-order valence-electron chi connectivity index (χ2n) is 6.69. The SMILES string of the molecule is Cc1cccc(NC(=O)c2nc(C(=O)NC3CC3)c3ccccn23)c1C. The molecule has 1 aliphatic rings. The number of aryl methyl sites for hydroxylation is 1. The van der Waals surface area contributed by atoms with Gasteiger partial charge in [0, 0.05) is 17.9 Å². The summed E-state index contributed by atoms with van der Waals surface area (Å²) in [5, 5.41) is 5.85. The highest BCUT2D eigenvalue weighted by atomic mass is 16.2. The van der Waals surface area contributed by atoms with E-state index in [0.717, 1.165) is 29.7 Å². The van der Waals surface area contributed by atoms with Crippen molar-refractivity contribution in [2.45, 2.75) is 32.7 Å². The van der Waals surface area contributed by atoms with E-state index >= 15 is 0 Å². The van der Waals surface area contributed by atoms with Gasteiger partial charge in [0.1, 0.15) is 0 Å². The molecular formula is C20H20N4O2. The lowest BCUT2D eigenvalue weighted by Gasteiger charge is -2.09. The molecule has 132 valence electrons. The first-order valence-corrected chi connectivity index (χ1v) is 8.70. The number of nitrogens with one attached hydrogen (secondary N) is 2. The van der Waals surface area contributed by atoms with Crippen LogP contribution in [0.1, 0.15) is 45.1 Å². The first-order valence-electron chi connectivity index (χ1n) is 8.70. The van der Waals surface area contributed by atoms with Gasteiger partial charge in [-0.3, -0.25) is 14.0 Å². The molecule has 2 amide bonds. The van der Waals surface area contributed by atoms with Gasteiger partial charge >= 0.3 is 0 Å². The summed E-state index contributed by atoms with van der Waals surface area (Å²) in [5.74, 6) is -0.380. The Morgan fingerprint density at radius 3 is 2.65 bits per heavy atom. The van der Waals surface area contributed by atoms with E-state index in [9.17, 15) is 9.59 Å². The summed E-state index contributed by atoms with van der Waals surface area (Å²) in [6.07, 6.45) is 3.74. The fourth-order valence-electron chi connectivity index (χ4n) is 2.91. The fourth-order valence-corrected chi connectivity index (χ4v) is 2.91. The fraction of sp³-hybridized carbons (Fsp3) is 0.250. The van der Waals surface area contributed by atoms with Crippen LogP contribution in [0.4, 0.5) is 5.69 Å². The highest BCUT2D eigenvalue weighted by molar-refractivity contribution is 6.06. The Morgan fingerprint density at radius 1 is 1.08 bits per heavy atom. The molecule has 1 aromatic carbocycles. The molecule has 2 N–H and O–H groups in total. The van der Waals surface area contributed by atoms with Crippen molar-refractivity contribution in [2.24, 2.45) is 0 Å². The summed E-state index contributed by atoms with van der Waals surface area (Å²) in [6.45, 7) is 3.96. The maximum absolute atomic E-state index is 12.8. The standard InChI is InChI=1S/C20H20N4O2/c1-12-6-5-7-15(13(12)2)22-20(26)18-23-17(19(25)21-14-9-10-14)16-8-3-4-11-24(16)18/h3-8,11,14H,9-10H2,1-2H3,(H,21,25)(H,22,26). The van der Waals surface area contributed by atoms with E-state index in [4.69, 9.17) is 0 Å². The zero-order valence-electron chi connectivity index (χ0n) is 14.7. The van der Waals surface area contributed by atoms with E-state index in [1.54, 1.807) is 16.7 Å². The van der Waals surface area contributed by atoms with Crippen molar-refractivity contribution in [2.75, 3.05) is 5.32 Å². The predicted octanol–water partition coefficient (Wildman–Crippen LogP) is 3.10. The zero-order chi connectivity index (χ0) is 18.3. The lowest BCUT2D eigenvalue weighted by atomic mass is 10.1. The molecule has 0 aliphatic heterocycles. The quantitative estimate of drug-likeness (QED) is 0.761. The van der Waals surface area contributed by atoms with Crippen molar-refractivity contribution in [3.05, 3.63) is 65.2 Å². The molecular weight excluding hydrogens is 328 g/mol. The van der Waals surface area contributed by atoms with Crippen molar-refractivity contribution in [1.82, 2.24) is 14.7 Å². The van der Waals surface area contributed by atoms with Crippen molar-refractivity contribution in [3.8, 4) is 0 Å². The van der Waals surface area contributed by atoms with Gasteiger partial charge in [-0.1, -0.05) is 18.2 Å². The molecule has 0 atom stereocenters. The molecule has 0 bridgehead atoms. The first-order chi connectivity index (χ1) is 12.5. The summed E-state index contributed by atoms with van der Waals surface area (Å²) >= 11 is 0. The van der Waals surface area contributed by atoms with Crippen LogP contribution in [0.25, 0.3) is 5.52 Å². The number of rotatable bonds is 4. The summed E-state index contributed by atoms with van der Waals surface area (Å²) in [5.41, 5.74) is 3.75. The van der Waals surface area contributed by atoms with Crippen molar-refractivity contribution >= 4 is 23.0 Å². The van der Waals surface area contributed by atoms with E-state index in [2.05, 4.69) is 15.6 Å². The van der Waals surface area contributed by atoms with Crippen LogP contribution in [0.3, 0.4) is 0 Å². The van der Waals surface area contributed by atoms with Gasteiger partial charge in [0.15, 0.2) is 5.69 Å². The van der Waals surface area contributed by atoms with Crippen LogP contribution in [0, 0.1) is 13.8 Å². The van der Waals surface area contributed by atoms with E-state index in [-0.39, 0.29) is 29.4 Å². The molecule has 0 unspecified atom stereocenters. The second kappa shape index (κ2) is 6.29. The highest BCUT2D eigenvalue weighted by Crippen LogP contribution is 2.22. The van der Waals surface area contributed by atoms with Crippen LogP contribution in [-0.4, -0.2) is 27.2 Å². The third-order valence-electron chi connectivity index (χ3n) is 4.73. The molecule has 1 aliphatic carbocycles. The first kappa shape index (κ1) is 16.3. The van der Waals surface area contributed by atoms with Crippen LogP contribution in [-0.2, 0) is 0 Å². The third kappa shape index (κ3) is 2.94. The lowest BCUT2D eigenvalue weighted by Crippen LogP contribution is -2.26. The van der Waals surface area contributed by atoms with Gasteiger partial charge in [0.05, 0.1) is 5.52 Å². The van der Waals surface area contributed by atoms with Gasteiger partial charge in [-0.15, -0.1) is 0 Å². The Labute approximate surface area is 151 Å². The third-order valence-corrected chi connectivity index (χ3v) is 4.73. The minimum atomic E-state index is -0.342. The molecule has 2 aromatic heterocycles. The topological polar surface area (TPSA) is 75.5 Å². The Hall–Kier alpha value is -3.15. The molecule has 4 rings (SSSR count). The number of nitrogens with zero attached hydrogens (tertiary/aromatic N) is 2. The maximum Gasteiger partial charge on any atom is 0.292 e. The van der Waals surface area contributed by atoms with E-state index < -0.39 is 0 Å². The molecule has 1 saturated carbocycles. The summed E-state index contributed by atoms with van der Waals surface area (Å²) < 4.78 is 1.66. The monoisotopic (exact) mass is 348 g/mol. The minimum absolute atomic E-state index is 0.197. The van der Waals surface area contributed by atoms with Crippen LogP contribution < -0.4 is 10.6 Å². The number of imidazole rings is 1. The van der Waals surface area contributed by atoms with Crippen LogP contribution >= 0.6 is 0 Å². The number of pyridine rings is 1. The normalized spacial score (nSPS) is 13.6. The maximum atomic E-state index is 12.8. The van der Waals surface area contributed by atoms with Crippen LogP contribution in [0.2, 0.25) is 0 Å².